The molecule has 0 spiro atoms. The molecule has 3 aliphatic heterocycles. The van der Waals surface area contributed by atoms with E-state index in [1.54, 1.807) is 0 Å². The molecule has 6 atom stereocenters. The lowest BCUT2D eigenvalue weighted by molar-refractivity contribution is 0.552. The van der Waals surface area contributed by atoms with Crippen LogP contribution in [0.5, 0.6) is 0 Å². The van der Waals surface area contributed by atoms with Crippen molar-refractivity contribution in [3.8, 4) is 0 Å². The fourth-order valence-electron chi connectivity index (χ4n) is 5.27. The number of rotatable bonds is 2. The molecule has 6 unspecified atom stereocenters. The van der Waals surface area contributed by atoms with E-state index in [1.807, 2.05) is 18.2 Å². The highest BCUT2D eigenvalue weighted by atomic mass is 31.2. The number of allylic oxidation sites excluding steroid dienone is 3. The van der Waals surface area contributed by atoms with Crippen LogP contribution in [0.2, 0.25) is 0 Å². The average Bonchev–Trinajstić information content (AvgIpc) is 3.23. The highest BCUT2D eigenvalue weighted by Crippen LogP contribution is 2.77. The van der Waals surface area contributed by atoms with Gasteiger partial charge in [0.1, 0.15) is 7.14 Å². The molecule has 4 heteroatoms. The maximum Gasteiger partial charge on any atom is 0.140 e. The SMILES string of the molecule is CC1=CP(=O)(c2ccccc2)C2C1C1C(C)=CC2P1c1ccccc1.[B]. The maximum atomic E-state index is 14.2. The summed E-state index contributed by atoms with van der Waals surface area (Å²) in [4.78, 5) is 0. The maximum absolute atomic E-state index is 14.2. The number of benzene rings is 2. The van der Waals surface area contributed by atoms with Crippen molar-refractivity contribution < 1.29 is 4.57 Å². The highest BCUT2D eigenvalue weighted by molar-refractivity contribution is 7.78. The van der Waals surface area contributed by atoms with Gasteiger partial charge < -0.3 is 4.57 Å². The summed E-state index contributed by atoms with van der Waals surface area (Å²) in [5, 5.41) is 2.52. The standard InChI is InChI=1S/C22H22OP2.B/c1-15-13-19-22-20(21(15)24(19)17-9-5-3-6-10-17)16(2)14-25(22,23)18-11-7-4-8-12-18;/h3-14,19-22H,1-2H3;. The fraction of sp³-hybridized carbons (Fsp3) is 0.273. The normalized spacial score (nSPS) is 36.9. The molecule has 1 fully saturated rings. The smallest absolute Gasteiger partial charge is 0.140 e. The fourth-order valence-corrected chi connectivity index (χ4v) is 13.7. The van der Waals surface area contributed by atoms with Crippen molar-refractivity contribution in [1.82, 2.24) is 0 Å². The zero-order valence-corrected chi connectivity index (χ0v) is 16.9. The molecule has 26 heavy (non-hydrogen) atoms. The first kappa shape index (κ1) is 18.0. The Labute approximate surface area is 159 Å². The minimum absolute atomic E-state index is 0. The van der Waals surface area contributed by atoms with Crippen molar-refractivity contribution in [2.24, 2.45) is 5.92 Å². The molecule has 1 nitrogen and oxygen atoms in total. The van der Waals surface area contributed by atoms with Gasteiger partial charge in [0, 0.05) is 36.6 Å². The van der Waals surface area contributed by atoms with E-state index >= 15 is 0 Å². The van der Waals surface area contributed by atoms with Crippen molar-refractivity contribution in [3.63, 3.8) is 0 Å². The van der Waals surface area contributed by atoms with E-state index in [1.165, 1.54) is 16.5 Å². The molecule has 1 saturated heterocycles. The van der Waals surface area contributed by atoms with Gasteiger partial charge in [-0.25, -0.2) is 0 Å². The van der Waals surface area contributed by atoms with E-state index in [0.29, 0.717) is 17.2 Å². The lowest BCUT2D eigenvalue weighted by atomic mass is 9.85. The largest absolute Gasteiger partial charge is 0.314 e. The molecule has 0 amide bonds. The van der Waals surface area contributed by atoms with Crippen LogP contribution in [-0.2, 0) is 4.57 Å². The van der Waals surface area contributed by atoms with Gasteiger partial charge >= 0.3 is 0 Å². The van der Waals surface area contributed by atoms with Crippen LogP contribution < -0.4 is 10.6 Å². The summed E-state index contributed by atoms with van der Waals surface area (Å²) in [5.74, 6) is 2.62. The van der Waals surface area contributed by atoms with E-state index in [0.717, 1.165) is 5.30 Å². The van der Waals surface area contributed by atoms with Crippen LogP contribution in [0, 0.1) is 5.92 Å². The van der Waals surface area contributed by atoms with Gasteiger partial charge in [-0.1, -0.05) is 85.8 Å². The number of hydrogen-bond acceptors (Lipinski definition) is 1. The molecule has 0 N–H and O–H groups in total. The van der Waals surface area contributed by atoms with Crippen LogP contribution in [0.4, 0.5) is 0 Å². The summed E-state index contributed by atoms with van der Waals surface area (Å²) in [5.41, 5.74) is 4.18. The summed E-state index contributed by atoms with van der Waals surface area (Å²) in [6.07, 6.45) is 2.46. The van der Waals surface area contributed by atoms with Gasteiger partial charge in [0.15, 0.2) is 0 Å². The van der Waals surface area contributed by atoms with Gasteiger partial charge in [0.2, 0.25) is 0 Å². The van der Waals surface area contributed by atoms with Crippen LogP contribution in [0.25, 0.3) is 0 Å². The highest BCUT2D eigenvalue weighted by Gasteiger charge is 2.62. The van der Waals surface area contributed by atoms with Crippen LogP contribution in [0.15, 0.2) is 83.7 Å². The van der Waals surface area contributed by atoms with E-state index in [9.17, 15) is 4.57 Å². The zero-order valence-electron chi connectivity index (χ0n) is 15.1. The molecule has 2 aromatic rings. The first-order valence-electron chi connectivity index (χ1n) is 8.97. The lowest BCUT2D eigenvalue weighted by Gasteiger charge is -2.28. The van der Waals surface area contributed by atoms with Crippen molar-refractivity contribution >= 4 is 34.1 Å². The molecule has 3 heterocycles. The quantitative estimate of drug-likeness (QED) is 0.422. The van der Waals surface area contributed by atoms with E-state index < -0.39 is 7.14 Å². The third-order valence-corrected chi connectivity index (χ3v) is 13.2. The molecule has 5 rings (SSSR count). The predicted octanol–water partition coefficient (Wildman–Crippen LogP) is 4.71. The molecular weight excluding hydrogens is 353 g/mol. The summed E-state index contributed by atoms with van der Waals surface area (Å²) in [6.45, 7) is 4.50. The Hall–Kier alpha value is -1.36. The van der Waals surface area contributed by atoms with Crippen LogP contribution in [0.3, 0.4) is 0 Å². The number of fused-ring (bicyclic) bond motifs is 5. The van der Waals surface area contributed by atoms with E-state index in [4.69, 9.17) is 0 Å². The second-order valence-corrected chi connectivity index (χ2v) is 12.8. The molecule has 3 radical (unpaired) electrons. The molecule has 2 aromatic carbocycles. The van der Waals surface area contributed by atoms with Crippen molar-refractivity contribution in [2.45, 2.75) is 30.8 Å². The Morgan fingerprint density at radius 3 is 2.15 bits per heavy atom. The van der Waals surface area contributed by atoms with Crippen LogP contribution in [0.1, 0.15) is 13.8 Å². The van der Waals surface area contributed by atoms with Crippen molar-refractivity contribution in [2.75, 3.05) is 0 Å². The first-order valence-corrected chi connectivity index (χ1v) is 12.3. The summed E-state index contributed by atoms with van der Waals surface area (Å²) >= 11 is 0. The molecule has 2 bridgehead atoms. The topological polar surface area (TPSA) is 17.1 Å². The van der Waals surface area contributed by atoms with Crippen LogP contribution >= 0.6 is 15.1 Å². The molecule has 0 saturated carbocycles. The zero-order chi connectivity index (χ0) is 17.2. The van der Waals surface area contributed by atoms with Gasteiger partial charge in [0.25, 0.3) is 0 Å². The average molecular weight is 375 g/mol. The number of hydrogen-bond donors (Lipinski definition) is 0. The molecule has 0 aromatic heterocycles. The molecule has 0 aliphatic carbocycles. The van der Waals surface area contributed by atoms with Crippen LogP contribution in [-0.4, -0.2) is 25.4 Å². The van der Waals surface area contributed by atoms with Gasteiger partial charge in [-0.15, -0.1) is 0 Å². The second-order valence-electron chi connectivity index (χ2n) is 7.52. The van der Waals surface area contributed by atoms with E-state index in [2.05, 4.69) is 68.2 Å². The summed E-state index contributed by atoms with van der Waals surface area (Å²) < 4.78 is 14.2. The lowest BCUT2D eigenvalue weighted by Crippen LogP contribution is -2.30. The Morgan fingerprint density at radius 2 is 1.50 bits per heavy atom. The first-order chi connectivity index (χ1) is 12.1. The third-order valence-electron chi connectivity index (χ3n) is 6.16. The van der Waals surface area contributed by atoms with Gasteiger partial charge in [-0.3, -0.25) is 0 Å². The van der Waals surface area contributed by atoms with Gasteiger partial charge in [-0.05, 0) is 25.0 Å². The van der Waals surface area contributed by atoms with Gasteiger partial charge in [0.05, 0.1) is 0 Å². The molecule has 129 valence electrons. The molecule has 3 aliphatic rings. The monoisotopic (exact) mass is 375 g/mol. The van der Waals surface area contributed by atoms with Crippen molar-refractivity contribution in [1.29, 1.82) is 0 Å². The Bertz CT molecular complexity index is 935. The van der Waals surface area contributed by atoms with Gasteiger partial charge in [-0.2, -0.15) is 0 Å². The Morgan fingerprint density at radius 1 is 0.885 bits per heavy atom. The summed E-state index contributed by atoms with van der Waals surface area (Å²) in [6, 6.07) is 21.2. The third kappa shape index (κ3) is 2.32. The Kier molecular flexibility index (Phi) is 4.41. The minimum atomic E-state index is -2.50. The predicted molar refractivity (Wildman–Crippen MR) is 115 cm³/mol. The Balaban J connectivity index is 0.00000168. The molecular formula is C22H22BOP2. The second kappa shape index (κ2) is 6.37. The summed E-state index contributed by atoms with van der Waals surface area (Å²) in [7, 11) is -2.80. The minimum Gasteiger partial charge on any atom is -0.314 e. The van der Waals surface area contributed by atoms with E-state index in [-0.39, 0.29) is 22.0 Å². The van der Waals surface area contributed by atoms with Crippen molar-refractivity contribution in [3.05, 3.63) is 83.7 Å².